The van der Waals surface area contributed by atoms with Crippen LogP contribution in [0.5, 0.6) is 11.5 Å². The van der Waals surface area contributed by atoms with E-state index in [0.29, 0.717) is 52.2 Å². The van der Waals surface area contributed by atoms with Crippen LogP contribution in [0.2, 0.25) is 10.0 Å². The second-order valence-electron chi connectivity index (χ2n) is 10.2. The predicted molar refractivity (Wildman–Crippen MR) is 178 cm³/mol. The number of halogens is 3. The third kappa shape index (κ3) is 6.66. The van der Waals surface area contributed by atoms with Crippen molar-refractivity contribution in [1.29, 1.82) is 0 Å². The molecule has 228 valence electrons. The number of thiazole rings is 1. The zero-order valence-electron chi connectivity index (χ0n) is 24.4. The minimum Gasteiger partial charge on any atom is -0.491 e. The van der Waals surface area contributed by atoms with Gasteiger partial charge in [0, 0.05) is 16.1 Å². The molecule has 1 aliphatic heterocycles. The maximum absolute atomic E-state index is 14.1. The number of hydrogen-bond acceptors (Lipinski definition) is 7. The summed E-state index contributed by atoms with van der Waals surface area (Å²) in [6.07, 6.45) is 1.62. The molecule has 0 bridgehead atoms. The maximum Gasteiger partial charge on any atom is 0.338 e. The van der Waals surface area contributed by atoms with E-state index in [-0.39, 0.29) is 30.5 Å². The van der Waals surface area contributed by atoms with Gasteiger partial charge in [-0.15, -0.1) is 0 Å². The summed E-state index contributed by atoms with van der Waals surface area (Å²) in [6.45, 7) is 7.76. The molecule has 0 radical (unpaired) electrons. The Kier molecular flexibility index (Phi) is 10.00. The number of hydrogen-bond donors (Lipinski definition) is 0. The number of fused-ring (bicyclic) bond motifs is 1. The van der Waals surface area contributed by atoms with E-state index in [1.54, 1.807) is 32.1 Å². The highest BCUT2D eigenvalue weighted by Crippen LogP contribution is 2.37. The second kappa shape index (κ2) is 13.7. The molecule has 3 aromatic carbocycles. The molecule has 0 saturated carbocycles. The average molecular weight is 716 g/mol. The number of aromatic nitrogens is 1. The van der Waals surface area contributed by atoms with Gasteiger partial charge in [0.05, 0.1) is 38.0 Å². The van der Waals surface area contributed by atoms with E-state index < -0.39 is 12.0 Å². The summed E-state index contributed by atoms with van der Waals surface area (Å²) in [5, 5.41) is 0.966. The van der Waals surface area contributed by atoms with Crippen LogP contribution in [0.1, 0.15) is 50.4 Å². The molecule has 1 aromatic heterocycles. The number of carbonyl (C=O) groups is 1. The van der Waals surface area contributed by atoms with E-state index in [9.17, 15) is 9.59 Å². The van der Waals surface area contributed by atoms with Crippen molar-refractivity contribution in [1.82, 2.24) is 4.57 Å². The molecule has 0 unspecified atom stereocenters. The molecule has 11 heteroatoms. The second-order valence-corrected chi connectivity index (χ2v) is 12.9. The number of rotatable bonds is 9. The van der Waals surface area contributed by atoms with Crippen molar-refractivity contribution < 1.29 is 19.0 Å². The summed E-state index contributed by atoms with van der Waals surface area (Å²) >= 11 is 17.7. The fourth-order valence-corrected chi connectivity index (χ4v) is 7.10. The van der Waals surface area contributed by atoms with E-state index in [1.807, 2.05) is 62.4 Å². The van der Waals surface area contributed by atoms with Gasteiger partial charge in [-0.25, -0.2) is 9.79 Å². The zero-order chi connectivity index (χ0) is 31.5. The van der Waals surface area contributed by atoms with Crippen LogP contribution in [-0.2, 0) is 16.1 Å². The zero-order valence-corrected chi connectivity index (χ0v) is 28.3. The molecule has 4 aromatic rings. The largest absolute Gasteiger partial charge is 0.491 e. The minimum absolute atomic E-state index is 0.122. The summed E-state index contributed by atoms with van der Waals surface area (Å²) in [5.74, 6) is 0.499. The SMILES string of the molecule is CCOC(=O)C1=C(C)N=c2s/c(=C/c3cc(Cl)c(OCc4ccccc4Cl)c(Br)c3)c(=O)n2[C@H]1c1ccccc1OC(C)C. The maximum atomic E-state index is 14.1. The Hall–Kier alpha value is -3.37. The molecule has 44 heavy (non-hydrogen) atoms. The molecule has 0 amide bonds. The van der Waals surface area contributed by atoms with E-state index in [1.165, 1.54) is 15.9 Å². The molecular weight excluding hydrogens is 687 g/mol. The van der Waals surface area contributed by atoms with Crippen molar-refractivity contribution >= 4 is 62.5 Å². The number of nitrogens with zero attached hydrogens (tertiary/aromatic N) is 2. The predicted octanol–water partition coefficient (Wildman–Crippen LogP) is 7.23. The van der Waals surface area contributed by atoms with Gasteiger partial charge in [-0.2, -0.15) is 0 Å². The molecular formula is C33H29BrCl2N2O5S. The number of para-hydroxylation sites is 1. The van der Waals surface area contributed by atoms with Crippen molar-refractivity contribution in [2.45, 2.75) is 46.4 Å². The summed E-state index contributed by atoms with van der Waals surface area (Å²) in [7, 11) is 0. The van der Waals surface area contributed by atoms with Crippen LogP contribution in [0, 0.1) is 0 Å². The van der Waals surface area contributed by atoms with Crippen molar-refractivity contribution in [3.63, 3.8) is 0 Å². The molecule has 1 aliphatic rings. The Morgan fingerprint density at radius 2 is 1.84 bits per heavy atom. The van der Waals surface area contributed by atoms with Crippen molar-refractivity contribution in [3.8, 4) is 11.5 Å². The Balaban J connectivity index is 1.59. The topological polar surface area (TPSA) is 79.1 Å². The molecule has 5 rings (SSSR count). The van der Waals surface area contributed by atoms with Crippen LogP contribution in [-0.4, -0.2) is 23.2 Å². The number of benzene rings is 3. The van der Waals surface area contributed by atoms with E-state index in [2.05, 4.69) is 20.9 Å². The van der Waals surface area contributed by atoms with Crippen molar-refractivity contribution in [2.75, 3.05) is 6.61 Å². The normalized spacial score (nSPS) is 14.8. The molecule has 0 saturated heterocycles. The van der Waals surface area contributed by atoms with Crippen LogP contribution in [0.15, 0.2) is 86.2 Å². The fraction of sp³-hybridized carbons (Fsp3) is 0.242. The number of esters is 1. The molecule has 7 nitrogen and oxygen atoms in total. The third-order valence-electron chi connectivity index (χ3n) is 6.74. The van der Waals surface area contributed by atoms with Crippen LogP contribution >= 0.6 is 50.5 Å². The lowest BCUT2D eigenvalue weighted by Crippen LogP contribution is -2.40. The van der Waals surface area contributed by atoms with Crippen LogP contribution in [0.25, 0.3) is 6.08 Å². The average Bonchev–Trinajstić information content (AvgIpc) is 3.26. The molecule has 0 aliphatic carbocycles. The summed E-state index contributed by atoms with van der Waals surface area (Å²) in [4.78, 5) is 32.5. The fourth-order valence-electron chi connectivity index (χ4n) is 4.87. The molecule has 1 atom stereocenters. The lowest BCUT2D eigenvalue weighted by molar-refractivity contribution is -0.139. The molecule has 0 fully saturated rings. The first-order chi connectivity index (χ1) is 21.1. The minimum atomic E-state index is -0.793. The van der Waals surface area contributed by atoms with E-state index in [4.69, 9.17) is 37.4 Å². The van der Waals surface area contributed by atoms with Crippen LogP contribution < -0.4 is 24.4 Å². The van der Waals surface area contributed by atoms with Gasteiger partial charge < -0.3 is 14.2 Å². The lowest BCUT2D eigenvalue weighted by Gasteiger charge is -2.26. The lowest BCUT2D eigenvalue weighted by atomic mass is 9.95. The Bertz CT molecular complexity index is 1930. The standard InChI is InChI=1S/C33H29BrCl2N2O5S/c1-5-41-32(40)28-19(4)37-33-38(29(28)22-11-7-9-13-26(22)43-18(2)3)31(39)27(44-33)16-20-14-23(34)30(25(36)15-20)42-17-21-10-6-8-12-24(21)35/h6-16,18,29H,5,17H2,1-4H3/b27-16+/t29-/m0/s1. The Labute approximate surface area is 277 Å². The van der Waals surface area contributed by atoms with Gasteiger partial charge in [0.25, 0.3) is 5.56 Å². The first-order valence-corrected chi connectivity index (χ1v) is 16.3. The molecule has 0 spiro atoms. The first-order valence-electron chi connectivity index (χ1n) is 13.9. The van der Waals surface area contributed by atoms with Gasteiger partial charge in [-0.05, 0) is 79.5 Å². The van der Waals surface area contributed by atoms with Crippen LogP contribution in [0.3, 0.4) is 0 Å². The molecule has 0 N–H and O–H groups in total. The number of allylic oxidation sites excluding steroid dienone is 1. The van der Waals surface area contributed by atoms with Gasteiger partial charge in [0.15, 0.2) is 10.6 Å². The van der Waals surface area contributed by atoms with Gasteiger partial charge >= 0.3 is 5.97 Å². The van der Waals surface area contributed by atoms with E-state index >= 15 is 0 Å². The Morgan fingerprint density at radius 1 is 1.11 bits per heavy atom. The third-order valence-corrected chi connectivity index (χ3v) is 8.96. The van der Waals surface area contributed by atoms with Gasteiger partial charge in [-0.3, -0.25) is 9.36 Å². The first kappa shape index (κ1) is 32.0. The summed E-state index contributed by atoms with van der Waals surface area (Å²) in [6, 6.07) is 17.6. The molecule has 2 heterocycles. The summed E-state index contributed by atoms with van der Waals surface area (Å²) in [5.41, 5.74) is 2.63. The highest BCUT2D eigenvalue weighted by molar-refractivity contribution is 9.10. The smallest absolute Gasteiger partial charge is 0.338 e. The summed E-state index contributed by atoms with van der Waals surface area (Å²) < 4.78 is 20.1. The van der Waals surface area contributed by atoms with Gasteiger partial charge in [0.1, 0.15) is 18.4 Å². The quantitative estimate of drug-likeness (QED) is 0.171. The van der Waals surface area contributed by atoms with E-state index in [0.717, 1.165) is 5.56 Å². The van der Waals surface area contributed by atoms with Crippen molar-refractivity contribution in [3.05, 3.63) is 123 Å². The van der Waals surface area contributed by atoms with Gasteiger partial charge in [-0.1, -0.05) is 70.9 Å². The van der Waals surface area contributed by atoms with Crippen LogP contribution in [0.4, 0.5) is 0 Å². The number of carbonyl (C=O) groups excluding carboxylic acids is 1. The Morgan fingerprint density at radius 3 is 2.55 bits per heavy atom. The highest BCUT2D eigenvalue weighted by Gasteiger charge is 2.35. The number of ether oxygens (including phenoxy) is 3. The monoisotopic (exact) mass is 714 g/mol. The van der Waals surface area contributed by atoms with Crippen molar-refractivity contribution in [2.24, 2.45) is 4.99 Å². The van der Waals surface area contributed by atoms with Gasteiger partial charge in [0.2, 0.25) is 0 Å². The highest BCUT2D eigenvalue weighted by atomic mass is 79.9.